The van der Waals surface area contributed by atoms with Crippen LogP contribution in [0.5, 0.6) is 0 Å². The topological polar surface area (TPSA) is 76.1 Å². The van der Waals surface area contributed by atoms with Crippen molar-refractivity contribution in [2.75, 3.05) is 25.0 Å². The molecule has 146 valence electrons. The van der Waals surface area contributed by atoms with Crippen molar-refractivity contribution in [2.45, 2.75) is 12.3 Å². The first-order chi connectivity index (χ1) is 12.3. The molecule has 1 aromatic carbocycles. The molecule has 1 atom stereocenters. The summed E-state index contributed by atoms with van der Waals surface area (Å²) in [6.07, 6.45) is -3.74. The zero-order chi connectivity index (χ0) is 18.7. The van der Waals surface area contributed by atoms with Gasteiger partial charge in [-0.1, -0.05) is 6.07 Å². The van der Waals surface area contributed by atoms with E-state index >= 15 is 0 Å². The van der Waals surface area contributed by atoms with Crippen LogP contribution in [0.1, 0.15) is 27.8 Å². The monoisotopic (exact) mass is 406 g/mol. The molecule has 6 nitrogen and oxygen atoms in total. The molecule has 0 saturated carbocycles. The van der Waals surface area contributed by atoms with Gasteiger partial charge in [0, 0.05) is 24.3 Å². The molecule has 0 aliphatic carbocycles. The van der Waals surface area contributed by atoms with Crippen LogP contribution in [0.25, 0.3) is 0 Å². The number of aromatic nitrogens is 2. The van der Waals surface area contributed by atoms with Gasteiger partial charge in [-0.15, -0.1) is 12.4 Å². The second-order valence-electron chi connectivity index (χ2n) is 5.54. The largest absolute Gasteiger partial charge is 0.434 e. The van der Waals surface area contributed by atoms with E-state index in [1.807, 2.05) is 0 Å². The normalized spacial score (nSPS) is 17.1. The van der Waals surface area contributed by atoms with Gasteiger partial charge < -0.3 is 15.4 Å². The van der Waals surface area contributed by atoms with Crippen molar-refractivity contribution < 1.29 is 27.1 Å². The number of nitrogens with zero attached hydrogens (tertiary/aromatic N) is 2. The predicted molar refractivity (Wildman–Crippen MR) is 90.2 cm³/mol. The Kier molecular flexibility index (Phi) is 6.68. The molecule has 11 heteroatoms. The first-order valence-electron chi connectivity index (χ1n) is 7.67. The minimum absolute atomic E-state index is 0. The summed E-state index contributed by atoms with van der Waals surface area (Å²) >= 11 is 0. The number of hydrogen-bond acceptors (Lipinski definition) is 5. The van der Waals surface area contributed by atoms with Gasteiger partial charge in [-0.3, -0.25) is 9.78 Å². The van der Waals surface area contributed by atoms with Crippen LogP contribution in [-0.2, 0) is 10.9 Å². The van der Waals surface area contributed by atoms with E-state index in [0.29, 0.717) is 31.5 Å². The smallest absolute Gasteiger partial charge is 0.371 e. The molecule has 2 heterocycles. The number of morpholine rings is 1. The molecule has 0 bridgehead atoms. The lowest BCUT2D eigenvalue weighted by atomic mass is 10.1. The van der Waals surface area contributed by atoms with Crippen molar-refractivity contribution in [1.29, 1.82) is 0 Å². The molecular formula is C16H15ClF4N4O2. The van der Waals surface area contributed by atoms with Gasteiger partial charge in [-0.05, 0) is 12.1 Å². The quantitative estimate of drug-likeness (QED) is 0.766. The summed E-state index contributed by atoms with van der Waals surface area (Å²) in [6.45, 7) is 1.60. The molecule has 27 heavy (non-hydrogen) atoms. The molecule has 1 saturated heterocycles. The van der Waals surface area contributed by atoms with Crippen LogP contribution in [0, 0.1) is 5.82 Å². The summed E-state index contributed by atoms with van der Waals surface area (Å²) in [5.74, 6) is -1.52. The molecule has 1 aliphatic rings. The van der Waals surface area contributed by atoms with E-state index in [1.54, 1.807) is 0 Å². The van der Waals surface area contributed by atoms with E-state index in [9.17, 15) is 22.4 Å². The molecule has 2 aromatic rings. The molecule has 1 aliphatic heterocycles. The number of nitrogens with one attached hydrogen (secondary N) is 2. The lowest BCUT2D eigenvalue weighted by Gasteiger charge is -2.24. The number of amides is 1. The van der Waals surface area contributed by atoms with Gasteiger partial charge in [0.2, 0.25) is 0 Å². The molecule has 0 radical (unpaired) electrons. The molecule has 1 fully saturated rings. The highest BCUT2D eigenvalue weighted by Crippen LogP contribution is 2.27. The van der Waals surface area contributed by atoms with Gasteiger partial charge in [-0.2, -0.15) is 13.2 Å². The minimum atomic E-state index is -4.72. The first kappa shape index (κ1) is 21.0. The lowest BCUT2D eigenvalue weighted by molar-refractivity contribution is -0.141. The first-order valence-corrected chi connectivity index (χ1v) is 7.67. The van der Waals surface area contributed by atoms with Crippen molar-refractivity contribution in [2.24, 2.45) is 0 Å². The second kappa shape index (κ2) is 8.59. The minimum Gasteiger partial charge on any atom is -0.371 e. The van der Waals surface area contributed by atoms with Crippen LogP contribution in [0.3, 0.4) is 0 Å². The van der Waals surface area contributed by atoms with Crippen LogP contribution in [0.15, 0.2) is 30.6 Å². The van der Waals surface area contributed by atoms with E-state index in [0.717, 1.165) is 12.3 Å². The van der Waals surface area contributed by atoms with E-state index in [4.69, 9.17) is 4.74 Å². The third-order valence-electron chi connectivity index (χ3n) is 3.69. The van der Waals surface area contributed by atoms with Crippen molar-refractivity contribution in [1.82, 2.24) is 15.3 Å². The van der Waals surface area contributed by atoms with Gasteiger partial charge in [0.25, 0.3) is 5.91 Å². The SMILES string of the molecule is Cl.O=C(Nc1ccc([C@H]2CNCCO2)c(F)c1)c1cncc(C(F)(F)F)n1. The number of benzene rings is 1. The van der Waals surface area contributed by atoms with Gasteiger partial charge in [0.05, 0.1) is 25.1 Å². The Morgan fingerprint density at radius 1 is 1.30 bits per heavy atom. The molecule has 2 N–H and O–H groups in total. The van der Waals surface area contributed by atoms with Crippen LogP contribution >= 0.6 is 12.4 Å². The highest BCUT2D eigenvalue weighted by molar-refractivity contribution is 6.02. The summed E-state index contributed by atoms with van der Waals surface area (Å²) in [5, 5.41) is 5.38. The van der Waals surface area contributed by atoms with E-state index in [1.165, 1.54) is 12.1 Å². The highest BCUT2D eigenvalue weighted by Gasteiger charge is 2.33. The summed E-state index contributed by atoms with van der Waals surface area (Å²) in [6, 6.07) is 3.97. The molecular weight excluding hydrogens is 392 g/mol. The molecule has 0 spiro atoms. The number of rotatable bonds is 3. The number of halogens is 5. The fourth-order valence-corrected chi connectivity index (χ4v) is 2.44. The fourth-order valence-electron chi connectivity index (χ4n) is 2.44. The zero-order valence-electron chi connectivity index (χ0n) is 13.7. The Balaban J connectivity index is 0.00000261. The Hall–Kier alpha value is -2.30. The number of alkyl halides is 3. The Morgan fingerprint density at radius 2 is 2.07 bits per heavy atom. The number of ether oxygens (including phenoxy) is 1. The van der Waals surface area contributed by atoms with Gasteiger partial charge >= 0.3 is 6.18 Å². The second-order valence-corrected chi connectivity index (χ2v) is 5.54. The van der Waals surface area contributed by atoms with Gasteiger partial charge in [0.1, 0.15) is 11.5 Å². The van der Waals surface area contributed by atoms with Gasteiger partial charge in [0.15, 0.2) is 5.69 Å². The number of hydrogen-bond donors (Lipinski definition) is 2. The Labute approximate surface area is 157 Å². The summed E-state index contributed by atoms with van der Waals surface area (Å²) in [4.78, 5) is 18.7. The predicted octanol–water partition coefficient (Wildman–Crippen LogP) is 2.97. The maximum atomic E-state index is 14.3. The molecule has 3 rings (SSSR count). The van der Waals surface area contributed by atoms with E-state index in [2.05, 4.69) is 20.6 Å². The molecule has 1 amide bonds. The van der Waals surface area contributed by atoms with Crippen LogP contribution in [-0.4, -0.2) is 35.6 Å². The fraction of sp³-hybridized carbons (Fsp3) is 0.312. The van der Waals surface area contributed by atoms with E-state index in [-0.39, 0.29) is 18.1 Å². The van der Waals surface area contributed by atoms with Crippen molar-refractivity contribution in [3.63, 3.8) is 0 Å². The average Bonchev–Trinajstić information content (AvgIpc) is 2.62. The third kappa shape index (κ3) is 5.12. The molecule has 1 aromatic heterocycles. The standard InChI is InChI=1S/C16H14F4N4O2.ClH/c17-11-5-9(1-2-10(11)13-7-21-3-4-26-13)23-15(25)12-6-22-8-14(24-12)16(18,19)20;/h1-2,5-6,8,13,21H,3-4,7H2,(H,23,25);1H/t13-;/m1./s1. The summed E-state index contributed by atoms with van der Waals surface area (Å²) in [7, 11) is 0. The van der Waals surface area contributed by atoms with E-state index < -0.39 is 35.4 Å². The average molecular weight is 407 g/mol. The number of carbonyl (C=O) groups is 1. The Bertz CT molecular complexity index is 813. The van der Waals surface area contributed by atoms with Crippen LogP contribution in [0.4, 0.5) is 23.2 Å². The highest BCUT2D eigenvalue weighted by atomic mass is 35.5. The van der Waals surface area contributed by atoms with Crippen molar-refractivity contribution >= 4 is 24.0 Å². The Morgan fingerprint density at radius 3 is 2.70 bits per heavy atom. The summed E-state index contributed by atoms with van der Waals surface area (Å²) in [5.41, 5.74) is -1.40. The van der Waals surface area contributed by atoms with Crippen molar-refractivity contribution in [3.05, 3.63) is 53.4 Å². The maximum absolute atomic E-state index is 14.3. The number of carbonyl (C=O) groups excluding carboxylic acids is 1. The van der Waals surface area contributed by atoms with Crippen LogP contribution < -0.4 is 10.6 Å². The maximum Gasteiger partial charge on any atom is 0.434 e. The molecule has 0 unspecified atom stereocenters. The zero-order valence-corrected chi connectivity index (χ0v) is 14.5. The lowest BCUT2D eigenvalue weighted by Crippen LogP contribution is -2.33. The third-order valence-corrected chi connectivity index (χ3v) is 3.69. The van der Waals surface area contributed by atoms with Crippen LogP contribution in [0.2, 0.25) is 0 Å². The summed E-state index contributed by atoms with van der Waals surface area (Å²) < 4.78 is 57.6. The number of anilines is 1. The van der Waals surface area contributed by atoms with Gasteiger partial charge in [-0.25, -0.2) is 9.37 Å². The van der Waals surface area contributed by atoms with Crippen molar-refractivity contribution in [3.8, 4) is 0 Å².